The van der Waals surface area contributed by atoms with Crippen LogP contribution in [0, 0.1) is 11.8 Å². The van der Waals surface area contributed by atoms with Gasteiger partial charge in [0.15, 0.2) is 0 Å². The molecule has 1 saturated heterocycles. The van der Waals surface area contributed by atoms with Crippen molar-refractivity contribution in [2.75, 3.05) is 20.1 Å². The monoisotopic (exact) mass is 338 g/mol. The predicted molar refractivity (Wildman–Crippen MR) is 48.3 cm³/mol. The second-order valence-corrected chi connectivity index (χ2v) is 3.47. The Hall–Kier alpha value is 0.608. The zero-order valence-electron chi connectivity index (χ0n) is 7.73. The van der Waals surface area contributed by atoms with E-state index in [0.29, 0.717) is 0 Å². The molecule has 0 atom stereocenters. The summed E-state index contributed by atoms with van der Waals surface area (Å²) in [4.78, 5) is 0. The van der Waals surface area contributed by atoms with E-state index in [1.165, 1.54) is 45.8 Å². The average Bonchev–Trinajstić information content (AvgIpc) is 2.07. The Morgan fingerprint density at radius 2 is 1.67 bits per heavy atom. The number of hydrogen-bond donors (Lipinski definition) is 1. The Morgan fingerprint density at radius 3 is 1.92 bits per heavy atom. The van der Waals surface area contributed by atoms with E-state index >= 15 is 0 Å². The van der Waals surface area contributed by atoms with Crippen molar-refractivity contribution in [3.05, 3.63) is 12.2 Å². The fraction of sp³-hybridized carbons (Fsp3) is 0.889. The number of rotatable bonds is 0. The van der Waals surface area contributed by atoms with E-state index in [1.54, 1.807) is 0 Å². The fourth-order valence-corrected chi connectivity index (χ4v) is 1.92. The Bertz CT molecular complexity index is 105. The van der Waals surface area contributed by atoms with E-state index in [4.69, 9.17) is 5.73 Å². The third kappa shape index (κ3) is 2.83. The van der Waals surface area contributed by atoms with Crippen LogP contribution >= 0.6 is 0 Å². The summed E-state index contributed by atoms with van der Waals surface area (Å²) in [6.07, 6.45) is 8.05. The summed E-state index contributed by atoms with van der Waals surface area (Å²) in [6, 6.07) is 0. The van der Waals surface area contributed by atoms with Gasteiger partial charge in [0, 0.05) is 13.1 Å². The molecule has 2 fully saturated rings. The molecule has 2 nitrogen and oxygen atoms in total. The molecular weight excluding hydrogens is 320 g/mol. The normalized spacial score (nSPS) is 24.5. The van der Waals surface area contributed by atoms with Crippen LogP contribution < -0.4 is 5.32 Å². The average molecular weight is 338 g/mol. The van der Waals surface area contributed by atoms with Crippen LogP contribution in [0.1, 0.15) is 25.7 Å². The van der Waals surface area contributed by atoms with E-state index in [2.05, 4.69) is 11.7 Å². The summed E-state index contributed by atoms with van der Waals surface area (Å²) >= 11 is 0. The maximum Gasteiger partial charge on any atom is 2.00 e. The van der Waals surface area contributed by atoms with Gasteiger partial charge in [-0.1, -0.05) is 12.8 Å². The molecule has 12 heavy (non-hydrogen) atoms. The van der Waals surface area contributed by atoms with E-state index in [1.807, 2.05) is 0 Å². The van der Waals surface area contributed by atoms with Crippen molar-refractivity contribution in [1.82, 2.24) is 5.32 Å². The van der Waals surface area contributed by atoms with Crippen molar-refractivity contribution in [3.8, 4) is 0 Å². The van der Waals surface area contributed by atoms with Gasteiger partial charge in [0.2, 0.25) is 0 Å². The summed E-state index contributed by atoms with van der Waals surface area (Å²) in [5.74, 6) is 0. The molecule has 70 valence electrons. The predicted octanol–water partition coefficient (Wildman–Crippen LogP) is 2.02. The van der Waals surface area contributed by atoms with Gasteiger partial charge in [0.05, 0.1) is 0 Å². The molecule has 0 aromatic heterocycles. The first-order valence-electron chi connectivity index (χ1n) is 4.44. The van der Waals surface area contributed by atoms with Gasteiger partial charge in [-0.05, 0) is 5.41 Å². The summed E-state index contributed by atoms with van der Waals surface area (Å²) in [5.41, 5.74) is 6.51. The molecule has 1 saturated carbocycles. The van der Waals surface area contributed by atoms with Crippen LogP contribution in [-0.2, 0) is 21.1 Å². The van der Waals surface area contributed by atoms with Crippen molar-refractivity contribution < 1.29 is 21.1 Å². The zero-order chi connectivity index (χ0) is 8.16. The molecule has 2 aliphatic rings. The third-order valence-electron chi connectivity index (χ3n) is 2.76. The smallest absolute Gasteiger partial charge is 0.680 e. The minimum Gasteiger partial charge on any atom is -0.680 e. The second-order valence-electron chi connectivity index (χ2n) is 3.47. The molecule has 2 rings (SSSR count). The summed E-state index contributed by atoms with van der Waals surface area (Å²) < 4.78 is 0. The summed E-state index contributed by atoms with van der Waals surface area (Å²) in [7, 11) is 1.25. The maximum absolute atomic E-state index is 5.75. The molecule has 0 amide bonds. The Morgan fingerprint density at radius 1 is 1.17 bits per heavy atom. The molecule has 0 aromatic carbocycles. The van der Waals surface area contributed by atoms with Crippen molar-refractivity contribution in [2.45, 2.75) is 25.7 Å². The fourth-order valence-electron chi connectivity index (χ4n) is 1.92. The molecule has 3 heteroatoms. The first kappa shape index (κ1) is 12.6. The number of hydrogen-bond acceptors (Lipinski definition) is 1. The third-order valence-corrected chi connectivity index (χ3v) is 2.76. The molecule has 0 unspecified atom stereocenters. The minimum atomic E-state index is 0. The van der Waals surface area contributed by atoms with Gasteiger partial charge in [0.1, 0.15) is 0 Å². The standard InChI is InChI=1S/C8H14N.CH4N.W/c1-2-4-8(5-3-1)6-9-7-8;1-2;/h1,9H,2-7H2;2H,1H3;/q2*-1;+2. The molecule has 1 aliphatic carbocycles. The zero-order valence-corrected chi connectivity index (χ0v) is 10.7. The molecule has 1 spiro atoms. The Balaban J connectivity index is 0.000000378. The molecule has 1 aliphatic heterocycles. The summed E-state index contributed by atoms with van der Waals surface area (Å²) in [5, 5.41) is 3.36. The van der Waals surface area contributed by atoms with Crippen molar-refractivity contribution in [3.63, 3.8) is 0 Å². The van der Waals surface area contributed by atoms with Gasteiger partial charge in [-0.15, -0.1) is 0 Å². The topological polar surface area (TPSA) is 35.8 Å². The van der Waals surface area contributed by atoms with Crippen LogP contribution in [-0.4, -0.2) is 20.1 Å². The van der Waals surface area contributed by atoms with Crippen LogP contribution in [0.2, 0.25) is 0 Å². The van der Waals surface area contributed by atoms with Crippen LogP contribution in [0.5, 0.6) is 0 Å². The van der Waals surface area contributed by atoms with Gasteiger partial charge in [0.25, 0.3) is 0 Å². The molecule has 0 radical (unpaired) electrons. The Labute approximate surface area is 89.9 Å². The van der Waals surface area contributed by atoms with E-state index in [9.17, 15) is 0 Å². The van der Waals surface area contributed by atoms with Gasteiger partial charge in [-0.25, -0.2) is 0 Å². The van der Waals surface area contributed by atoms with Crippen LogP contribution in [0.25, 0.3) is 5.73 Å². The first-order chi connectivity index (χ1) is 5.41. The van der Waals surface area contributed by atoms with Gasteiger partial charge in [-0.2, -0.15) is 19.9 Å². The molecular formula is C9H18N2W. The largest absolute Gasteiger partial charge is 2.00 e. The van der Waals surface area contributed by atoms with Crippen LogP contribution in [0.15, 0.2) is 0 Å². The van der Waals surface area contributed by atoms with Gasteiger partial charge in [-0.3, -0.25) is 0 Å². The first-order valence-corrected chi connectivity index (χ1v) is 4.44. The minimum absolute atomic E-state index is 0. The van der Waals surface area contributed by atoms with Crippen molar-refractivity contribution >= 4 is 0 Å². The molecule has 0 aromatic rings. The quantitative estimate of drug-likeness (QED) is 0.674. The van der Waals surface area contributed by atoms with E-state index in [0.717, 1.165) is 5.41 Å². The number of nitrogens with one attached hydrogen (secondary N) is 2. The SMILES string of the molecule is C[NH-].[CH-]1CCC2(CC1)CNC2.[W+2]. The van der Waals surface area contributed by atoms with Gasteiger partial charge >= 0.3 is 21.1 Å². The molecule has 0 bridgehead atoms. The van der Waals surface area contributed by atoms with E-state index in [-0.39, 0.29) is 21.1 Å². The summed E-state index contributed by atoms with van der Waals surface area (Å²) in [6.45, 7) is 2.58. The van der Waals surface area contributed by atoms with Crippen molar-refractivity contribution in [2.24, 2.45) is 5.41 Å². The van der Waals surface area contributed by atoms with Crippen LogP contribution in [0.4, 0.5) is 0 Å². The van der Waals surface area contributed by atoms with E-state index < -0.39 is 0 Å². The maximum atomic E-state index is 5.75. The molecule has 2 N–H and O–H groups in total. The molecule has 1 heterocycles. The second kappa shape index (κ2) is 6.12. The van der Waals surface area contributed by atoms with Gasteiger partial charge < -0.3 is 17.5 Å². The van der Waals surface area contributed by atoms with Crippen molar-refractivity contribution in [1.29, 1.82) is 0 Å². The van der Waals surface area contributed by atoms with Crippen LogP contribution in [0.3, 0.4) is 0 Å². The Kier molecular flexibility index (Phi) is 6.43.